The Balaban J connectivity index is 1.83. The van der Waals surface area contributed by atoms with Crippen molar-refractivity contribution in [3.8, 4) is 0 Å². The molecule has 2 rings (SSSR count). The number of nitrogens with zero attached hydrogens (tertiary/aromatic N) is 1. The molecule has 0 atom stereocenters. The molecule has 2 aromatic rings. The van der Waals surface area contributed by atoms with Gasteiger partial charge in [0.1, 0.15) is 5.82 Å². The Morgan fingerprint density at radius 1 is 1.35 bits per heavy atom. The van der Waals surface area contributed by atoms with Crippen molar-refractivity contribution >= 4 is 16.9 Å². The molecule has 0 saturated heterocycles. The van der Waals surface area contributed by atoms with Crippen LogP contribution >= 0.6 is 0 Å². The SMILES string of the molecule is CNCCCNC(=O)CCc1nc2c(C)cccc2[nH]1. The van der Waals surface area contributed by atoms with Gasteiger partial charge >= 0.3 is 0 Å². The fourth-order valence-corrected chi connectivity index (χ4v) is 2.16. The van der Waals surface area contributed by atoms with Gasteiger partial charge in [0.15, 0.2) is 0 Å². The van der Waals surface area contributed by atoms with E-state index in [-0.39, 0.29) is 5.91 Å². The summed E-state index contributed by atoms with van der Waals surface area (Å²) in [5.74, 6) is 0.956. The number of H-pyrrole nitrogens is 1. The molecule has 5 heteroatoms. The molecular weight excluding hydrogens is 252 g/mol. The van der Waals surface area contributed by atoms with E-state index in [0.717, 1.165) is 41.9 Å². The Bertz CT molecular complexity index is 576. The van der Waals surface area contributed by atoms with Gasteiger partial charge in [0.2, 0.25) is 5.91 Å². The summed E-state index contributed by atoms with van der Waals surface area (Å²) >= 11 is 0. The van der Waals surface area contributed by atoms with Crippen LogP contribution in [0.2, 0.25) is 0 Å². The van der Waals surface area contributed by atoms with Crippen LogP contribution in [0.25, 0.3) is 11.0 Å². The van der Waals surface area contributed by atoms with Gasteiger partial charge in [-0.2, -0.15) is 0 Å². The maximum atomic E-state index is 11.7. The molecule has 1 aromatic heterocycles. The van der Waals surface area contributed by atoms with Crippen LogP contribution in [0.3, 0.4) is 0 Å². The molecule has 1 amide bonds. The Hall–Kier alpha value is -1.88. The fraction of sp³-hybridized carbons (Fsp3) is 0.467. The summed E-state index contributed by atoms with van der Waals surface area (Å²) in [6.45, 7) is 3.68. The number of fused-ring (bicyclic) bond motifs is 1. The number of para-hydroxylation sites is 1. The molecule has 108 valence electrons. The molecule has 0 aliphatic carbocycles. The second kappa shape index (κ2) is 7.05. The summed E-state index contributed by atoms with van der Waals surface area (Å²) in [6.07, 6.45) is 2.07. The molecule has 1 heterocycles. The van der Waals surface area contributed by atoms with Gasteiger partial charge in [0.25, 0.3) is 0 Å². The van der Waals surface area contributed by atoms with E-state index in [1.807, 2.05) is 32.2 Å². The van der Waals surface area contributed by atoms with Crippen LogP contribution in [-0.4, -0.2) is 36.0 Å². The van der Waals surface area contributed by atoms with E-state index in [9.17, 15) is 4.79 Å². The van der Waals surface area contributed by atoms with Crippen molar-refractivity contribution in [3.63, 3.8) is 0 Å². The average molecular weight is 274 g/mol. The zero-order chi connectivity index (χ0) is 14.4. The number of carbonyl (C=O) groups is 1. The fourth-order valence-electron chi connectivity index (χ4n) is 2.16. The van der Waals surface area contributed by atoms with Crippen molar-refractivity contribution in [2.45, 2.75) is 26.2 Å². The number of amides is 1. The van der Waals surface area contributed by atoms with Crippen molar-refractivity contribution in [1.29, 1.82) is 0 Å². The molecule has 0 spiro atoms. The van der Waals surface area contributed by atoms with Crippen molar-refractivity contribution in [3.05, 3.63) is 29.6 Å². The van der Waals surface area contributed by atoms with Crippen LogP contribution in [-0.2, 0) is 11.2 Å². The highest BCUT2D eigenvalue weighted by Crippen LogP contribution is 2.15. The third kappa shape index (κ3) is 3.81. The molecule has 0 aliphatic heterocycles. The number of carbonyl (C=O) groups excluding carboxylic acids is 1. The lowest BCUT2D eigenvalue weighted by Crippen LogP contribution is -2.26. The van der Waals surface area contributed by atoms with Crippen LogP contribution in [0.15, 0.2) is 18.2 Å². The highest BCUT2D eigenvalue weighted by atomic mass is 16.1. The zero-order valence-electron chi connectivity index (χ0n) is 12.1. The van der Waals surface area contributed by atoms with Gasteiger partial charge in [-0.3, -0.25) is 4.79 Å². The van der Waals surface area contributed by atoms with E-state index < -0.39 is 0 Å². The number of benzene rings is 1. The van der Waals surface area contributed by atoms with Crippen LogP contribution in [0.1, 0.15) is 24.2 Å². The van der Waals surface area contributed by atoms with Crippen molar-refractivity contribution < 1.29 is 4.79 Å². The van der Waals surface area contributed by atoms with Gasteiger partial charge < -0.3 is 15.6 Å². The molecule has 0 fully saturated rings. The third-order valence-corrected chi connectivity index (χ3v) is 3.28. The predicted octanol–water partition coefficient (Wildman–Crippen LogP) is 1.53. The molecule has 0 unspecified atom stereocenters. The first-order valence-electron chi connectivity index (χ1n) is 7.06. The number of imidazole rings is 1. The number of rotatable bonds is 7. The normalized spacial score (nSPS) is 10.9. The van der Waals surface area contributed by atoms with Crippen LogP contribution < -0.4 is 10.6 Å². The lowest BCUT2D eigenvalue weighted by molar-refractivity contribution is -0.121. The average Bonchev–Trinajstić information content (AvgIpc) is 2.86. The number of aromatic nitrogens is 2. The van der Waals surface area contributed by atoms with Crippen LogP contribution in [0, 0.1) is 6.92 Å². The Morgan fingerprint density at radius 2 is 2.20 bits per heavy atom. The number of hydrogen-bond acceptors (Lipinski definition) is 3. The molecule has 1 aromatic carbocycles. The molecule has 0 radical (unpaired) electrons. The molecule has 0 aliphatic rings. The van der Waals surface area contributed by atoms with E-state index >= 15 is 0 Å². The Labute approximate surface area is 119 Å². The molecule has 0 saturated carbocycles. The third-order valence-electron chi connectivity index (χ3n) is 3.28. The lowest BCUT2D eigenvalue weighted by Gasteiger charge is -2.03. The second-order valence-corrected chi connectivity index (χ2v) is 4.96. The van der Waals surface area contributed by atoms with Crippen molar-refractivity contribution in [2.24, 2.45) is 0 Å². The minimum Gasteiger partial charge on any atom is -0.356 e. The molecular formula is C15H22N4O. The van der Waals surface area contributed by atoms with Gasteiger partial charge in [-0.15, -0.1) is 0 Å². The van der Waals surface area contributed by atoms with Crippen LogP contribution in [0.5, 0.6) is 0 Å². The quantitative estimate of drug-likeness (QED) is 0.671. The van der Waals surface area contributed by atoms with E-state index in [0.29, 0.717) is 12.8 Å². The van der Waals surface area contributed by atoms with Crippen LogP contribution in [0.4, 0.5) is 0 Å². The largest absolute Gasteiger partial charge is 0.356 e. The summed E-state index contributed by atoms with van der Waals surface area (Å²) in [6, 6.07) is 6.06. The number of hydrogen-bond donors (Lipinski definition) is 3. The summed E-state index contributed by atoms with van der Waals surface area (Å²) in [7, 11) is 1.91. The minimum atomic E-state index is 0.0817. The highest BCUT2D eigenvalue weighted by molar-refractivity contribution is 5.79. The first-order chi connectivity index (χ1) is 9.70. The van der Waals surface area contributed by atoms with E-state index in [1.165, 1.54) is 0 Å². The van der Waals surface area contributed by atoms with Gasteiger partial charge in [-0.1, -0.05) is 12.1 Å². The lowest BCUT2D eigenvalue weighted by atomic mass is 10.2. The Morgan fingerprint density at radius 3 is 2.95 bits per heavy atom. The predicted molar refractivity (Wildman–Crippen MR) is 80.7 cm³/mol. The first-order valence-corrected chi connectivity index (χ1v) is 7.06. The summed E-state index contributed by atoms with van der Waals surface area (Å²) in [5.41, 5.74) is 3.19. The molecule has 3 N–H and O–H groups in total. The Kier molecular flexibility index (Phi) is 5.12. The highest BCUT2D eigenvalue weighted by Gasteiger charge is 2.07. The summed E-state index contributed by atoms with van der Waals surface area (Å²) in [5, 5.41) is 5.97. The van der Waals surface area contributed by atoms with E-state index in [2.05, 4.69) is 20.6 Å². The van der Waals surface area contributed by atoms with E-state index in [4.69, 9.17) is 0 Å². The van der Waals surface area contributed by atoms with Crippen molar-refractivity contribution in [2.75, 3.05) is 20.1 Å². The van der Waals surface area contributed by atoms with Gasteiger partial charge in [0, 0.05) is 19.4 Å². The first kappa shape index (κ1) is 14.5. The number of aromatic amines is 1. The molecule has 20 heavy (non-hydrogen) atoms. The minimum absolute atomic E-state index is 0.0817. The number of nitrogens with one attached hydrogen (secondary N) is 3. The number of aryl methyl sites for hydroxylation is 2. The second-order valence-electron chi connectivity index (χ2n) is 4.96. The van der Waals surface area contributed by atoms with Gasteiger partial charge in [0.05, 0.1) is 11.0 Å². The van der Waals surface area contributed by atoms with Crippen molar-refractivity contribution in [1.82, 2.24) is 20.6 Å². The standard InChI is InChI=1S/C15H22N4O/c1-11-5-3-6-12-15(11)19-13(18-12)7-8-14(20)17-10-4-9-16-2/h3,5-6,16H,4,7-10H2,1-2H3,(H,17,20)(H,18,19). The maximum Gasteiger partial charge on any atom is 0.220 e. The molecule has 0 bridgehead atoms. The topological polar surface area (TPSA) is 69.8 Å². The van der Waals surface area contributed by atoms with Gasteiger partial charge in [-0.05, 0) is 38.6 Å². The summed E-state index contributed by atoms with van der Waals surface area (Å²) in [4.78, 5) is 19.5. The zero-order valence-corrected chi connectivity index (χ0v) is 12.1. The molecule has 5 nitrogen and oxygen atoms in total. The smallest absolute Gasteiger partial charge is 0.220 e. The van der Waals surface area contributed by atoms with Gasteiger partial charge in [-0.25, -0.2) is 4.98 Å². The maximum absolute atomic E-state index is 11.7. The summed E-state index contributed by atoms with van der Waals surface area (Å²) < 4.78 is 0. The van der Waals surface area contributed by atoms with E-state index in [1.54, 1.807) is 0 Å². The monoisotopic (exact) mass is 274 g/mol.